The van der Waals surface area contributed by atoms with Gasteiger partial charge in [-0.05, 0) is 98.4 Å². The summed E-state index contributed by atoms with van der Waals surface area (Å²) in [4.78, 5) is 15.0. The Labute approximate surface area is 182 Å². The van der Waals surface area contributed by atoms with Crippen molar-refractivity contribution < 1.29 is 9.90 Å². The number of ketones is 1. The third-order valence-corrected chi connectivity index (χ3v) is 11.6. The molecule has 0 amide bonds. The van der Waals surface area contributed by atoms with Crippen LogP contribution in [0.4, 0.5) is 0 Å². The summed E-state index contributed by atoms with van der Waals surface area (Å²) in [7, 11) is 0. The van der Waals surface area contributed by atoms with E-state index in [1.54, 1.807) is 0 Å². The molecule has 0 aromatic rings. The third kappa shape index (κ3) is 2.43. The van der Waals surface area contributed by atoms with Crippen molar-refractivity contribution in [2.45, 2.75) is 90.6 Å². The van der Waals surface area contributed by atoms with Crippen LogP contribution >= 0.6 is 0 Å². The Balaban J connectivity index is 1.35. The van der Waals surface area contributed by atoms with Crippen molar-refractivity contribution in [3.05, 3.63) is 11.6 Å². The van der Waals surface area contributed by atoms with Gasteiger partial charge in [-0.2, -0.15) is 0 Å². The predicted octanol–water partition coefficient (Wildman–Crippen LogP) is 4.84. The zero-order chi connectivity index (χ0) is 20.8. The lowest BCUT2D eigenvalue weighted by Crippen LogP contribution is -2.53. The van der Waals surface area contributed by atoms with Crippen LogP contribution in [0, 0.1) is 46.3 Å². The van der Waals surface area contributed by atoms with Gasteiger partial charge in [0.25, 0.3) is 0 Å². The van der Waals surface area contributed by atoms with E-state index < -0.39 is 0 Å². The van der Waals surface area contributed by atoms with Crippen molar-refractivity contribution in [1.29, 1.82) is 0 Å². The summed E-state index contributed by atoms with van der Waals surface area (Å²) in [6.45, 7) is 9.13. The first kappa shape index (κ1) is 20.0. The van der Waals surface area contributed by atoms with Crippen LogP contribution in [-0.4, -0.2) is 41.0 Å². The highest BCUT2D eigenvalue weighted by molar-refractivity contribution is 5.91. The molecule has 3 nitrogen and oxygen atoms in total. The molecule has 3 heteroatoms. The lowest BCUT2D eigenvalue weighted by Gasteiger charge is -2.59. The number of allylic oxidation sites excluding steroid dienone is 1. The number of nitrogens with zero attached hydrogens (tertiary/aromatic N) is 1. The predicted molar refractivity (Wildman–Crippen MR) is 119 cm³/mol. The summed E-state index contributed by atoms with van der Waals surface area (Å²) in [5, 5.41) is 10.9. The van der Waals surface area contributed by atoms with E-state index in [2.05, 4.69) is 25.7 Å². The molecule has 5 fully saturated rings. The smallest absolute Gasteiger partial charge is 0.155 e. The van der Waals surface area contributed by atoms with E-state index in [4.69, 9.17) is 0 Å². The first-order valence-electron chi connectivity index (χ1n) is 13.0. The second-order valence-electron chi connectivity index (χ2n) is 12.5. The summed E-state index contributed by atoms with van der Waals surface area (Å²) < 4.78 is 0. The first-order chi connectivity index (χ1) is 14.4. The van der Waals surface area contributed by atoms with Crippen LogP contribution in [-0.2, 0) is 4.79 Å². The van der Waals surface area contributed by atoms with Crippen LogP contribution in [0.2, 0.25) is 0 Å². The molecule has 6 aliphatic rings. The van der Waals surface area contributed by atoms with Crippen LogP contribution < -0.4 is 0 Å². The SMILES string of the molecule is CC1CCC2C(C)C3C(CC4C5CCC6=CC(=O)CCC6(C)C5CCC43CO)N2C1. The van der Waals surface area contributed by atoms with E-state index in [0.29, 0.717) is 30.3 Å². The fourth-order valence-electron chi connectivity index (χ4n) is 10.3. The number of aliphatic hydroxyl groups is 1. The molecular formula is C27H41NO2. The maximum atomic E-state index is 12.1. The average molecular weight is 412 g/mol. The molecule has 2 aliphatic heterocycles. The van der Waals surface area contributed by atoms with Crippen molar-refractivity contribution in [3.8, 4) is 0 Å². The van der Waals surface area contributed by atoms with E-state index in [1.165, 1.54) is 50.6 Å². The number of aliphatic hydroxyl groups excluding tert-OH is 1. The minimum atomic E-state index is 0.161. The van der Waals surface area contributed by atoms with Crippen molar-refractivity contribution in [2.24, 2.45) is 46.3 Å². The van der Waals surface area contributed by atoms with Gasteiger partial charge < -0.3 is 5.11 Å². The molecular weight excluding hydrogens is 370 g/mol. The zero-order valence-electron chi connectivity index (χ0n) is 19.3. The number of rotatable bonds is 1. The van der Waals surface area contributed by atoms with Gasteiger partial charge in [0.05, 0.1) is 0 Å². The lowest BCUT2D eigenvalue weighted by molar-refractivity contribution is -0.119. The van der Waals surface area contributed by atoms with Gasteiger partial charge in [0, 0.05) is 37.1 Å². The highest BCUT2D eigenvalue weighted by Gasteiger charge is 2.68. The maximum Gasteiger partial charge on any atom is 0.155 e. The van der Waals surface area contributed by atoms with Crippen LogP contribution in [0.25, 0.3) is 0 Å². The van der Waals surface area contributed by atoms with Gasteiger partial charge >= 0.3 is 0 Å². The molecule has 166 valence electrons. The van der Waals surface area contributed by atoms with Gasteiger partial charge in [-0.1, -0.05) is 26.3 Å². The van der Waals surface area contributed by atoms with Gasteiger partial charge in [0.2, 0.25) is 0 Å². The zero-order valence-corrected chi connectivity index (χ0v) is 19.3. The minimum absolute atomic E-state index is 0.161. The van der Waals surface area contributed by atoms with Crippen molar-refractivity contribution in [3.63, 3.8) is 0 Å². The summed E-state index contributed by atoms with van der Waals surface area (Å²) >= 11 is 0. The van der Waals surface area contributed by atoms with Gasteiger partial charge in [0.1, 0.15) is 0 Å². The van der Waals surface area contributed by atoms with E-state index >= 15 is 0 Å². The molecule has 3 saturated carbocycles. The van der Waals surface area contributed by atoms with Gasteiger partial charge in [-0.3, -0.25) is 9.69 Å². The Hall–Kier alpha value is -0.670. The minimum Gasteiger partial charge on any atom is -0.396 e. The molecule has 0 spiro atoms. The Bertz CT molecular complexity index is 775. The second-order valence-corrected chi connectivity index (χ2v) is 12.5. The van der Waals surface area contributed by atoms with E-state index in [9.17, 15) is 9.90 Å². The fourth-order valence-corrected chi connectivity index (χ4v) is 10.3. The average Bonchev–Trinajstić information content (AvgIpc) is 3.22. The largest absolute Gasteiger partial charge is 0.396 e. The third-order valence-electron chi connectivity index (χ3n) is 11.6. The summed E-state index contributed by atoms with van der Waals surface area (Å²) in [5.41, 5.74) is 1.87. The van der Waals surface area contributed by atoms with Crippen LogP contribution in [0.15, 0.2) is 11.6 Å². The van der Waals surface area contributed by atoms with Crippen molar-refractivity contribution >= 4 is 5.78 Å². The summed E-state index contributed by atoms with van der Waals surface area (Å²) in [6.07, 6.45) is 12.8. The topological polar surface area (TPSA) is 40.5 Å². The number of fused-ring (bicyclic) bond motifs is 9. The van der Waals surface area contributed by atoms with E-state index in [0.717, 1.165) is 49.0 Å². The van der Waals surface area contributed by atoms with E-state index in [1.807, 2.05) is 6.08 Å². The Morgan fingerprint density at radius 3 is 2.70 bits per heavy atom. The number of carbonyl (C=O) groups is 1. The van der Waals surface area contributed by atoms with Crippen molar-refractivity contribution in [1.82, 2.24) is 4.90 Å². The van der Waals surface area contributed by atoms with Crippen LogP contribution in [0.3, 0.4) is 0 Å². The first-order valence-corrected chi connectivity index (χ1v) is 13.0. The quantitative estimate of drug-likeness (QED) is 0.671. The van der Waals surface area contributed by atoms with Crippen molar-refractivity contribution in [2.75, 3.05) is 13.2 Å². The highest BCUT2D eigenvalue weighted by Crippen LogP contribution is 2.70. The molecule has 0 bridgehead atoms. The molecule has 30 heavy (non-hydrogen) atoms. The number of piperidine rings is 1. The molecule has 10 unspecified atom stereocenters. The molecule has 0 aromatic carbocycles. The molecule has 0 radical (unpaired) electrons. The summed E-state index contributed by atoms with van der Waals surface area (Å²) in [6, 6.07) is 1.47. The normalized spacial score (nSPS) is 55.2. The standard InChI is InChI=1S/C27H41NO2/c1-16-4-7-23-17(2)25-24(28(23)14-16)13-22-20-6-5-18-12-19(30)8-10-26(18,3)21(20)9-11-27(22,25)15-29/h12,16-17,20-25,29H,4-11,13-15H2,1-3H3. The van der Waals surface area contributed by atoms with Gasteiger partial charge in [0.15, 0.2) is 5.78 Å². The molecule has 2 saturated heterocycles. The molecule has 2 heterocycles. The number of hydrogen-bond donors (Lipinski definition) is 1. The number of hydrogen-bond acceptors (Lipinski definition) is 3. The maximum absolute atomic E-state index is 12.1. The summed E-state index contributed by atoms with van der Waals surface area (Å²) in [5.74, 6) is 4.78. The Morgan fingerprint density at radius 1 is 1.07 bits per heavy atom. The van der Waals surface area contributed by atoms with Crippen LogP contribution in [0.5, 0.6) is 0 Å². The number of carbonyl (C=O) groups excluding carboxylic acids is 1. The monoisotopic (exact) mass is 411 g/mol. The fraction of sp³-hybridized carbons (Fsp3) is 0.889. The molecule has 4 aliphatic carbocycles. The highest BCUT2D eigenvalue weighted by atomic mass is 16.3. The molecule has 0 aromatic heterocycles. The second kappa shape index (κ2) is 6.67. The Kier molecular flexibility index (Phi) is 4.44. The molecule has 1 N–H and O–H groups in total. The van der Waals surface area contributed by atoms with Gasteiger partial charge in [-0.15, -0.1) is 0 Å². The molecule has 10 atom stereocenters. The van der Waals surface area contributed by atoms with Gasteiger partial charge in [-0.25, -0.2) is 0 Å². The Morgan fingerprint density at radius 2 is 1.90 bits per heavy atom. The van der Waals surface area contributed by atoms with E-state index in [-0.39, 0.29) is 10.8 Å². The van der Waals surface area contributed by atoms with Crippen LogP contribution in [0.1, 0.15) is 78.6 Å². The lowest BCUT2D eigenvalue weighted by atomic mass is 9.46. The molecule has 6 rings (SSSR count).